The molecule has 0 aromatic heterocycles. The molecule has 4 nitrogen and oxygen atoms in total. The second-order valence-electron chi connectivity index (χ2n) is 6.13. The summed E-state index contributed by atoms with van der Waals surface area (Å²) >= 11 is 0. The molecule has 0 fully saturated rings. The van der Waals surface area contributed by atoms with Crippen molar-refractivity contribution >= 4 is 0 Å². The lowest BCUT2D eigenvalue weighted by molar-refractivity contribution is 0.115. The molecule has 23 heavy (non-hydrogen) atoms. The molecule has 0 aliphatic carbocycles. The summed E-state index contributed by atoms with van der Waals surface area (Å²) in [4.78, 5) is 0. The van der Waals surface area contributed by atoms with Crippen molar-refractivity contribution in [2.45, 2.75) is 50.5 Å². The van der Waals surface area contributed by atoms with Gasteiger partial charge in [-0.25, -0.2) is 0 Å². The number of benzene rings is 1. The fourth-order valence-corrected chi connectivity index (χ4v) is 2.27. The quantitative estimate of drug-likeness (QED) is 0.487. The van der Waals surface area contributed by atoms with Gasteiger partial charge in [-0.3, -0.25) is 4.39 Å². The molecule has 1 rings (SSSR count). The number of alkyl halides is 1. The molecule has 0 amide bonds. The van der Waals surface area contributed by atoms with E-state index >= 15 is 0 Å². The topological polar surface area (TPSA) is 75.7 Å². The van der Waals surface area contributed by atoms with Gasteiger partial charge in [0, 0.05) is 0 Å². The number of hydrogen-bond donors (Lipinski definition) is 3. The van der Waals surface area contributed by atoms with Crippen LogP contribution in [-0.4, -0.2) is 42.2 Å². The van der Waals surface area contributed by atoms with Crippen LogP contribution in [0.15, 0.2) is 24.3 Å². The van der Waals surface area contributed by atoms with Crippen LogP contribution in [0.3, 0.4) is 0 Å². The number of aliphatic hydroxyl groups is 2. The second kappa shape index (κ2) is 11.4. The summed E-state index contributed by atoms with van der Waals surface area (Å²) in [5, 5.41) is 18.3. The van der Waals surface area contributed by atoms with Gasteiger partial charge >= 0.3 is 0 Å². The molecule has 0 aliphatic heterocycles. The van der Waals surface area contributed by atoms with E-state index in [0.29, 0.717) is 25.9 Å². The van der Waals surface area contributed by atoms with Crippen molar-refractivity contribution < 1.29 is 19.3 Å². The summed E-state index contributed by atoms with van der Waals surface area (Å²) in [5.41, 5.74) is 6.03. The maximum Gasteiger partial charge on any atom is 0.119 e. The minimum atomic E-state index is -0.919. The Morgan fingerprint density at radius 2 is 1.57 bits per heavy atom. The average molecular weight is 327 g/mol. The fourth-order valence-electron chi connectivity index (χ4n) is 2.27. The van der Waals surface area contributed by atoms with Crippen LogP contribution in [0.5, 0.6) is 5.75 Å². The van der Waals surface area contributed by atoms with Gasteiger partial charge in [-0.2, -0.15) is 0 Å². The van der Waals surface area contributed by atoms with Crippen molar-refractivity contribution in [3.8, 4) is 5.75 Å². The largest absolute Gasteiger partial charge is 0.494 e. The number of nitrogens with two attached hydrogens (primary N) is 1. The van der Waals surface area contributed by atoms with Crippen LogP contribution in [0, 0.1) is 0 Å². The van der Waals surface area contributed by atoms with E-state index in [1.165, 1.54) is 0 Å². The summed E-state index contributed by atoms with van der Waals surface area (Å²) in [6.07, 6.45) is 5.96. The molecule has 0 saturated heterocycles. The maximum absolute atomic E-state index is 11.9. The van der Waals surface area contributed by atoms with E-state index in [9.17, 15) is 14.6 Å². The molecule has 0 saturated carbocycles. The Morgan fingerprint density at radius 1 is 0.957 bits per heavy atom. The van der Waals surface area contributed by atoms with Gasteiger partial charge in [-0.1, -0.05) is 31.4 Å². The van der Waals surface area contributed by atoms with E-state index in [2.05, 4.69) is 0 Å². The highest BCUT2D eigenvalue weighted by Gasteiger charge is 2.22. The van der Waals surface area contributed by atoms with E-state index in [0.717, 1.165) is 37.0 Å². The molecule has 0 aliphatic rings. The first kappa shape index (κ1) is 19.9. The maximum atomic E-state index is 11.9. The van der Waals surface area contributed by atoms with Crippen LogP contribution in [-0.2, 0) is 6.42 Å². The highest BCUT2D eigenvalue weighted by Crippen LogP contribution is 2.16. The van der Waals surface area contributed by atoms with Crippen LogP contribution in [0.25, 0.3) is 0 Å². The number of aryl methyl sites for hydroxylation is 1. The number of rotatable bonds is 13. The molecule has 4 N–H and O–H groups in total. The van der Waals surface area contributed by atoms with Gasteiger partial charge in [-0.15, -0.1) is 0 Å². The molecule has 1 aromatic carbocycles. The van der Waals surface area contributed by atoms with E-state index in [4.69, 9.17) is 10.5 Å². The lowest BCUT2D eigenvalue weighted by Crippen LogP contribution is -2.47. The summed E-state index contributed by atoms with van der Waals surface area (Å²) < 4.78 is 17.6. The minimum absolute atomic E-state index is 0.218. The molecular weight excluding hydrogens is 297 g/mol. The highest BCUT2D eigenvalue weighted by atomic mass is 19.1. The Labute approximate surface area is 138 Å². The number of halogens is 1. The SMILES string of the molecule is NC(CO)(CO)CCc1ccc(OCCCCCCCF)cc1. The first-order valence-corrected chi connectivity index (χ1v) is 8.42. The zero-order valence-electron chi connectivity index (χ0n) is 13.8. The predicted molar refractivity (Wildman–Crippen MR) is 90.4 cm³/mol. The van der Waals surface area contributed by atoms with Crippen molar-refractivity contribution in [2.24, 2.45) is 5.73 Å². The number of ether oxygens (including phenoxy) is 1. The van der Waals surface area contributed by atoms with Crippen LogP contribution >= 0.6 is 0 Å². The average Bonchev–Trinajstić information content (AvgIpc) is 2.60. The molecule has 0 atom stereocenters. The normalized spacial score (nSPS) is 11.7. The summed E-state index contributed by atoms with van der Waals surface area (Å²) in [5.74, 6) is 0.834. The molecule has 132 valence electrons. The third kappa shape index (κ3) is 8.30. The lowest BCUT2D eigenvalue weighted by Gasteiger charge is -2.24. The van der Waals surface area contributed by atoms with Crippen LogP contribution in [0.1, 0.15) is 44.1 Å². The molecule has 0 bridgehead atoms. The Kier molecular flexibility index (Phi) is 9.83. The molecule has 0 heterocycles. The van der Waals surface area contributed by atoms with Gasteiger partial charge in [0.15, 0.2) is 0 Å². The van der Waals surface area contributed by atoms with Crippen molar-refractivity contribution in [2.75, 3.05) is 26.5 Å². The summed E-state index contributed by atoms with van der Waals surface area (Å²) in [6.45, 7) is 0.00664. The van der Waals surface area contributed by atoms with Gasteiger partial charge < -0.3 is 20.7 Å². The van der Waals surface area contributed by atoms with Crippen LogP contribution in [0.2, 0.25) is 0 Å². The Balaban J connectivity index is 2.23. The Morgan fingerprint density at radius 3 is 2.17 bits per heavy atom. The molecule has 0 spiro atoms. The van der Waals surface area contributed by atoms with Gasteiger partial charge in [0.05, 0.1) is 32.0 Å². The summed E-state index contributed by atoms with van der Waals surface area (Å²) in [7, 11) is 0. The van der Waals surface area contributed by atoms with Crippen molar-refractivity contribution in [3.05, 3.63) is 29.8 Å². The summed E-state index contributed by atoms with van der Waals surface area (Å²) in [6, 6.07) is 7.81. The van der Waals surface area contributed by atoms with Crippen LogP contribution in [0.4, 0.5) is 4.39 Å². The predicted octanol–water partition coefficient (Wildman–Crippen LogP) is 2.60. The molecule has 0 radical (unpaired) electrons. The van der Waals surface area contributed by atoms with E-state index < -0.39 is 5.54 Å². The molecule has 5 heteroatoms. The molecule has 1 aromatic rings. The number of aliphatic hydroxyl groups excluding tert-OH is 2. The third-order valence-electron chi connectivity index (χ3n) is 4.01. The number of hydrogen-bond acceptors (Lipinski definition) is 4. The van der Waals surface area contributed by atoms with Crippen LogP contribution < -0.4 is 10.5 Å². The van der Waals surface area contributed by atoms with Gasteiger partial charge in [0.1, 0.15) is 5.75 Å². The molecular formula is C18H30FNO3. The smallest absolute Gasteiger partial charge is 0.119 e. The third-order valence-corrected chi connectivity index (χ3v) is 4.01. The van der Waals surface area contributed by atoms with E-state index in [1.807, 2.05) is 24.3 Å². The van der Waals surface area contributed by atoms with Gasteiger partial charge in [-0.05, 0) is 43.4 Å². The molecule has 0 unspecified atom stereocenters. The Hall–Kier alpha value is -1.17. The zero-order valence-corrected chi connectivity index (χ0v) is 13.8. The Bertz CT molecular complexity index is 407. The minimum Gasteiger partial charge on any atom is -0.494 e. The van der Waals surface area contributed by atoms with Crippen molar-refractivity contribution in [1.29, 1.82) is 0 Å². The number of unbranched alkanes of at least 4 members (excludes halogenated alkanes) is 4. The van der Waals surface area contributed by atoms with E-state index in [-0.39, 0.29) is 19.9 Å². The van der Waals surface area contributed by atoms with Crippen molar-refractivity contribution in [1.82, 2.24) is 0 Å². The first-order chi connectivity index (χ1) is 11.1. The fraction of sp³-hybridized carbons (Fsp3) is 0.667. The second-order valence-corrected chi connectivity index (χ2v) is 6.13. The van der Waals surface area contributed by atoms with E-state index in [1.54, 1.807) is 0 Å². The van der Waals surface area contributed by atoms with Gasteiger partial charge in [0.25, 0.3) is 0 Å². The van der Waals surface area contributed by atoms with Crippen molar-refractivity contribution in [3.63, 3.8) is 0 Å². The van der Waals surface area contributed by atoms with Gasteiger partial charge in [0.2, 0.25) is 0 Å². The highest BCUT2D eigenvalue weighted by molar-refractivity contribution is 5.27. The zero-order chi connectivity index (χ0) is 17.0. The first-order valence-electron chi connectivity index (χ1n) is 8.42. The standard InChI is InChI=1S/C18H30FNO3/c19-12-4-2-1-3-5-13-23-17-8-6-16(7-9-17)10-11-18(20,14-21)15-22/h6-9,21-22H,1-5,10-15,20H2. The monoisotopic (exact) mass is 327 g/mol. The lowest BCUT2D eigenvalue weighted by atomic mass is 9.94.